The summed E-state index contributed by atoms with van der Waals surface area (Å²) in [6, 6.07) is 6.80. The van der Waals surface area contributed by atoms with Crippen molar-refractivity contribution in [3.63, 3.8) is 0 Å². The molecule has 0 aliphatic heterocycles. The van der Waals surface area contributed by atoms with Crippen molar-refractivity contribution in [3.8, 4) is 5.75 Å². The number of nitro groups is 1. The molecular weight excluding hydrogens is 362 g/mol. The Labute approximate surface area is 161 Å². The highest BCUT2D eigenvalue weighted by molar-refractivity contribution is 6.07. The first kappa shape index (κ1) is 19.0. The van der Waals surface area contributed by atoms with Gasteiger partial charge in [0.15, 0.2) is 5.78 Å². The van der Waals surface area contributed by atoms with Crippen LogP contribution in [0.15, 0.2) is 42.7 Å². The number of methoxy groups -OCH3 is 1. The van der Waals surface area contributed by atoms with Gasteiger partial charge in [-0.05, 0) is 35.6 Å². The van der Waals surface area contributed by atoms with E-state index < -0.39 is 4.92 Å². The number of ketones is 1. The Morgan fingerprint density at radius 1 is 1.36 bits per heavy atom. The van der Waals surface area contributed by atoms with Crippen molar-refractivity contribution >= 4 is 17.7 Å². The molecule has 0 fully saturated rings. The minimum absolute atomic E-state index is 0.134. The van der Waals surface area contributed by atoms with E-state index in [-0.39, 0.29) is 11.6 Å². The Bertz CT molecular complexity index is 1060. The molecule has 0 aliphatic carbocycles. The van der Waals surface area contributed by atoms with Crippen LogP contribution in [0.5, 0.6) is 5.75 Å². The molecular formula is C19H19N5O4. The monoisotopic (exact) mass is 381 g/mol. The smallest absolute Gasteiger partial charge is 0.389 e. The van der Waals surface area contributed by atoms with Crippen LogP contribution in [-0.4, -0.2) is 37.4 Å². The van der Waals surface area contributed by atoms with E-state index in [0.29, 0.717) is 17.9 Å². The Morgan fingerprint density at radius 3 is 2.75 bits per heavy atom. The Balaban J connectivity index is 1.82. The molecule has 0 saturated carbocycles. The first-order chi connectivity index (χ1) is 13.4. The van der Waals surface area contributed by atoms with E-state index in [0.717, 1.165) is 16.8 Å². The molecule has 144 valence electrons. The van der Waals surface area contributed by atoms with Crippen LogP contribution in [0.25, 0.3) is 6.08 Å². The van der Waals surface area contributed by atoms with Crippen LogP contribution in [0, 0.1) is 17.0 Å². The van der Waals surface area contributed by atoms with Gasteiger partial charge in [-0.15, -0.1) is 0 Å². The standard InChI is InChI=1S/C19H19N5O4/c1-13-16(11-20-22(13)2)17(25)6-4-14-5-7-18(28-3)15(10-14)12-23-9-8-19(21-23)24(26)27/h4-11H,12H2,1-3H3/b6-4+. The van der Waals surface area contributed by atoms with Crippen LogP contribution in [0.3, 0.4) is 0 Å². The second-order valence-corrected chi connectivity index (χ2v) is 6.16. The summed E-state index contributed by atoms with van der Waals surface area (Å²) in [7, 11) is 3.33. The summed E-state index contributed by atoms with van der Waals surface area (Å²) < 4.78 is 8.48. The number of hydrogen-bond acceptors (Lipinski definition) is 6. The largest absolute Gasteiger partial charge is 0.496 e. The van der Waals surface area contributed by atoms with E-state index in [1.54, 1.807) is 37.2 Å². The molecule has 0 bridgehead atoms. The Morgan fingerprint density at radius 2 is 2.14 bits per heavy atom. The van der Waals surface area contributed by atoms with Gasteiger partial charge in [-0.3, -0.25) is 9.48 Å². The second-order valence-electron chi connectivity index (χ2n) is 6.16. The maximum absolute atomic E-state index is 12.4. The molecule has 2 aromatic heterocycles. The Hall–Kier alpha value is -3.75. The molecule has 0 N–H and O–H groups in total. The summed E-state index contributed by atoms with van der Waals surface area (Å²) in [5.41, 5.74) is 2.93. The summed E-state index contributed by atoms with van der Waals surface area (Å²) >= 11 is 0. The molecule has 2 heterocycles. The summed E-state index contributed by atoms with van der Waals surface area (Å²) in [6.07, 6.45) is 6.29. The minimum Gasteiger partial charge on any atom is -0.496 e. The third kappa shape index (κ3) is 3.98. The van der Waals surface area contributed by atoms with Gasteiger partial charge in [0.05, 0.1) is 42.8 Å². The summed E-state index contributed by atoms with van der Waals surface area (Å²) in [5, 5.41) is 18.8. The van der Waals surface area contributed by atoms with Gasteiger partial charge in [-0.2, -0.15) is 9.78 Å². The lowest BCUT2D eigenvalue weighted by Gasteiger charge is -2.08. The third-order valence-electron chi connectivity index (χ3n) is 4.38. The fourth-order valence-corrected chi connectivity index (χ4v) is 2.74. The molecule has 0 unspecified atom stereocenters. The average Bonchev–Trinajstić information content (AvgIpc) is 3.27. The molecule has 0 spiro atoms. The number of allylic oxidation sites excluding steroid dienone is 1. The van der Waals surface area contributed by atoms with Gasteiger partial charge >= 0.3 is 5.82 Å². The highest BCUT2D eigenvalue weighted by Crippen LogP contribution is 2.22. The highest BCUT2D eigenvalue weighted by Gasteiger charge is 2.13. The van der Waals surface area contributed by atoms with Crippen molar-refractivity contribution in [1.29, 1.82) is 0 Å². The predicted octanol–water partition coefficient (Wildman–Crippen LogP) is 2.79. The Kier molecular flexibility index (Phi) is 5.35. The molecule has 0 aliphatic rings. The van der Waals surface area contributed by atoms with Crippen LogP contribution in [-0.2, 0) is 13.6 Å². The summed E-state index contributed by atoms with van der Waals surface area (Å²) in [5.74, 6) is 0.280. The molecule has 3 rings (SSSR count). The number of benzene rings is 1. The number of rotatable bonds is 7. The first-order valence-electron chi connectivity index (χ1n) is 8.45. The van der Waals surface area contributed by atoms with Gasteiger partial charge in [0.25, 0.3) is 0 Å². The molecule has 0 radical (unpaired) electrons. The predicted molar refractivity (Wildman–Crippen MR) is 102 cm³/mol. The summed E-state index contributed by atoms with van der Waals surface area (Å²) in [6.45, 7) is 2.14. The molecule has 9 heteroatoms. The number of nitrogens with zero attached hydrogens (tertiary/aromatic N) is 5. The minimum atomic E-state index is -0.543. The van der Waals surface area contributed by atoms with Crippen molar-refractivity contribution in [3.05, 3.63) is 75.2 Å². The summed E-state index contributed by atoms with van der Waals surface area (Å²) in [4.78, 5) is 22.6. The molecule has 0 atom stereocenters. The first-order valence-corrected chi connectivity index (χ1v) is 8.45. The maximum atomic E-state index is 12.4. The number of aromatic nitrogens is 4. The fraction of sp³-hybridized carbons (Fsp3) is 0.211. The van der Waals surface area contributed by atoms with E-state index in [9.17, 15) is 14.9 Å². The average molecular weight is 381 g/mol. The van der Waals surface area contributed by atoms with Crippen LogP contribution < -0.4 is 4.74 Å². The van der Waals surface area contributed by atoms with Gasteiger partial charge in [0.1, 0.15) is 5.75 Å². The molecule has 0 saturated heterocycles. The van der Waals surface area contributed by atoms with Crippen molar-refractivity contribution in [2.75, 3.05) is 7.11 Å². The van der Waals surface area contributed by atoms with Crippen LogP contribution in [0.2, 0.25) is 0 Å². The van der Waals surface area contributed by atoms with Crippen LogP contribution in [0.4, 0.5) is 5.82 Å². The lowest BCUT2D eigenvalue weighted by Crippen LogP contribution is -2.03. The fourth-order valence-electron chi connectivity index (χ4n) is 2.74. The SMILES string of the molecule is COc1ccc(/C=C/C(=O)c2cnn(C)c2C)cc1Cn1ccc([N+](=O)[O-])n1. The van der Waals surface area contributed by atoms with Gasteiger partial charge in [0, 0.05) is 18.3 Å². The highest BCUT2D eigenvalue weighted by atomic mass is 16.6. The van der Waals surface area contributed by atoms with Crippen molar-refractivity contribution in [1.82, 2.24) is 19.6 Å². The molecule has 28 heavy (non-hydrogen) atoms. The molecule has 1 aromatic carbocycles. The molecule has 3 aromatic rings. The van der Waals surface area contributed by atoms with Crippen LogP contribution >= 0.6 is 0 Å². The van der Waals surface area contributed by atoms with Gasteiger partial charge in [-0.1, -0.05) is 12.1 Å². The number of ether oxygens (including phenoxy) is 1. The third-order valence-corrected chi connectivity index (χ3v) is 4.38. The lowest BCUT2D eigenvalue weighted by atomic mass is 10.1. The topological polar surface area (TPSA) is 105 Å². The lowest BCUT2D eigenvalue weighted by molar-refractivity contribution is -0.389. The molecule has 9 nitrogen and oxygen atoms in total. The quantitative estimate of drug-likeness (QED) is 0.270. The van der Waals surface area contributed by atoms with Crippen molar-refractivity contribution in [2.45, 2.75) is 13.5 Å². The number of aryl methyl sites for hydroxylation is 1. The molecule has 0 amide bonds. The van der Waals surface area contributed by atoms with Crippen LogP contribution in [0.1, 0.15) is 27.2 Å². The normalized spacial score (nSPS) is 11.1. The second kappa shape index (κ2) is 7.87. The van der Waals surface area contributed by atoms with E-state index in [4.69, 9.17) is 4.74 Å². The zero-order valence-electron chi connectivity index (χ0n) is 15.7. The number of carbonyl (C=O) groups is 1. The van der Waals surface area contributed by atoms with E-state index in [1.807, 2.05) is 19.1 Å². The number of hydrogen-bond donors (Lipinski definition) is 0. The van der Waals surface area contributed by atoms with Gasteiger partial charge < -0.3 is 14.9 Å². The van der Waals surface area contributed by atoms with Gasteiger partial charge in [0.2, 0.25) is 0 Å². The van der Waals surface area contributed by atoms with Gasteiger partial charge in [-0.25, -0.2) is 0 Å². The maximum Gasteiger partial charge on any atom is 0.389 e. The van der Waals surface area contributed by atoms with E-state index >= 15 is 0 Å². The van der Waals surface area contributed by atoms with E-state index in [2.05, 4.69) is 10.2 Å². The number of carbonyl (C=O) groups excluding carboxylic acids is 1. The van der Waals surface area contributed by atoms with Crippen molar-refractivity contribution in [2.24, 2.45) is 7.05 Å². The zero-order valence-corrected chi connectivity index (χ0v) is 15.7. The van der Waals surface area contributed by atoms with E-state index in [1.165, 1.54) is 23.0 Å². The zero-order chi connectivity index (χ0) is 20.3. The van der Waals surface area contributed by atoms with Crippen molar-refractivity contribution < 1.29 is 14.5 Å².